The van der Waals surface area contributed by atoms with E-state index in [9.17, 15) is 10.1 Å². The third kappa shape index (κ3) is 2.62. The first-order valence-electron chi connectivity index (χ1n) is 5.08. The SMILES string of the molecule is O=[N+]([O-])c1cnc(Cl)nc1NCC1(CO)CC1. The molecule has 1 aliphatic rings. The molecule has 8 heteroatoms. The minimum atomic E-state index is -0.572. The highest BCUT2D eigenvalue weighted by Gasteiger charge is 2.42. The van der Waals surface area contributed by atoms with Gasteiger partial charge in [-0.05, 0) is 24.4 Å². The molecule has 0 atom stereocenters. The van der Waals surface area contributed by atoms with Crippen molar-refractivity contribution in [2.24, 2.45) is 5.41 Å². The van der Waals surface area contributed by atoms with Gasteiger partial charge in [0.05, 0.1) is 11.5 Å². The lowest BCUT2D eigenvalue weighted by Crippen LogP contribution is -2.20. The molecule has 0 saturated heterocycles. The molecule has 0 radical (unpaired) electrons. The number of rotatable bonds is 5. The van der Waals surface area contributed by atoms with Crippen molar-refractivity contribution in [3.63, 3.8) is 0 Å². The number of nitrogens with zero attached hydrogens (tertiary/aromatic N) is 3. The molecule has 0 spiro atoms. The molecule has 17 heavy (non-hydrogen) atoms. The van der Waals surface area contributed by atoms with E-state index >= 15 is 0 Å². The Bertz CT molecular complexity index is 450. The molecule has 0 aliphatic heterocycles. The molecule has 1 saturated carbocycles. The fraction of sp³-hybridized carbons (Fsp3) is 0.556. The fourth-order valence-corrected chi connectivity index (χ4v) is 1.59. The van der Waals surface area contributed by atoms with Gasteiger partial charge in [-0.15, -0.1) is 0 Å². The molecule has 2 N–H and O–H groups in total. The van der Waals surface area contributed by atoms with Crippen molar-refractivity contribution in [3.05, 3.63) is 21.6 Å². The van der Waals surface area contributed by atoms with Gasteiger partial charge in [0, 0.05) is 12.0 Å². The Morgan fingerprint density at radius 2 is 2.35 bits per heavy atom. The topological polar surface area (TPSA) is 101 Å². The van der Waals surface area contributed by atoms with E-state index in [0.29, 0.717) is 6.54 Å². The Balaban J connectivity index is 2.13. The Morgan fingerprint density at radius 3 is 2.88 bits per heavy atom. The van der Waals surface area contributed by atoms with Crippen LogP contribution in [0.25, 0.3) is 0 Å². The van der Waals surface area contributed by atoms with E-state index in [2.05, 4.69) is 15.3 Å². The number of aliphatic hydroxyl groups is 1. The summed E-state index contributed by atoms with van der Waals surface area (Å²) in [4.78, 5) is 17.5. The van der Waals surface area contributed by atoms with Crippen LogP contribution in [0, 0.1) is 15.5 Å². The molecule has 0 amide bonds. The van der Waals surface area contributed by atoms with E-state index < -0.39 is 4.92 Å². The van der Waals surface area contributed by atoms with Gasteiger partial charge in [-0.3, -0.25) is 10.1 Å². The average Bonchev–Trinajstić information content (AvgIpc) is 3.07. The van der Waals surface area contributed by atoms with Crippen LogP contribution in [0.4, 0.5) is 11.5 Å². The van der Waals surface area contributed by atoms with Gasteiger partial charge in [-0.1, -0.05) is 0 Å². The molecule has 0 bridgehead atoms. The monoisotopic (exact) mass is 258 g/mol. The molecule has 2 rings (SSSR count). The van der Waals surface area contributed by atoms with Gasteiger partial charge in [-0.2, -0.15) is 4.98 Å². The van der Waals surface area contributed by atoms with Gasteiger partial charge in [0.2, 0.25) is 11.1 Å². The van der Waals surface area contributed by atoms with E-state index in [1.807, 2.05) is 0 Å². The first-order chi connectivity index (χ1) is 8.06. The van der Waals surface area contributed by atoms with Crippen LogP contribution in [0.5, 0.6) is 0 Å². The summed E-state index contributed by atoms with van der Waals surface area (Å²) < 4.78 is 0. The van der Waals surface area contributed by atoms with Crippen molar-refractivity contribution in [1.82, 2.24) is 9.97 Å². The second-order valence-electron chi connectivity index (χ2n) is 4.14. The third-order valence-corrected chi connectivity index (χ3v) is 3.04. The zero-order valence-electron chi connectivity index (χ0n) is 8.89. The molecule has 1 aliphatic carbocycles. The average molecular weight is 259 g/mol. The molecule has 1 aromatic heterocycles. The first kappa shape index (κ1) is 12.0. The van der Waals surface area contributed by atoms with Crippen LogP contribution in [0.15, 0.2) is 6.20 Å². The Labute approximate surface area is 102 Å². The largest absolute Gasteiger partial charge is 0.396 e. The normalized spacial score (nSPS) is 16.6. The van der Waals surface area contributed by atoms with Crippen molar-refractivity contribution < 1.29 is 10.0 Å². The minimum absolute atomic E-state index is 0.0491. The van der Waals surface area contributed by atoms with Crippen LogP contribution < -0.4 is 5.32 Å². The summed E-state index contributed by atoms with van der Waals surface area (Å²) in [5.74, 6) is 0.0923. The van der Waals surface area contributed by atoms with Crippen LogP contribution in [0.1, 0.15) is 12.8 Å². The highest BCUT2D eigenvalue weighted by Crippen LogP contribution is 2.45. The van der Waals surface area contributed by atoms with Gasteiger partial charge >= 0.3 is 5.69 Å². The van der Waals surface area contributed by atoms with Gasteiger partial charge < -0.3 is 10.4 Å². The summed E-state index contributed by atoms with van der Waals surface area (Å²) in [6, 6.07) is 0. The second kappa shape index (κ2) is 4.42. The predicted molar refractivity (Wildman–Crippen MR) is 60.9 cm³/mol. The molecular weight excluding hydrogens is 248 g/mol. The third-order valence-electron chi connectivity index (χ3n) is 2.86. The fourth-order valence-electron chi connectivity index (χ4n) is 1.46. The number of halogens is 1. The maximum atomic E-state index is 10.7. The molecule has 0 aromatic carbocycles. The van der Waals surface area contributed by atoms with Crippen molar-refractivity contribution in [2.45, 2.75) is 12.8 Å². The van der Waals surface area contributed by atoms with Crippen LogP contribution >= 0.6 is 11.6 Å². The zero-order chi connectivity index (χ0) is 12.5. The Kier molecular flexibility index (Phi) is 3.12. The van der Waals surface area contributed by atoms with Crippen molar-refractivity contribution in [1.29, 1.82) is 0 Å². The van der Waals surface area contributed by atoms with Gasteiger partial charge in [0.25, 0.3) is 0 Å². The molecule has 1 aromatic rings. The van der Waals surface area contributed by atoms with Crippen LogP contribution in [-0.4, -0.2) is 33.1 Å². The molecule has 1 heterocycles. The predicted octanol–water partition coefficient (Wildman–Crippen LogP) is 1.22. The number of aliphatic hydroxyl groups excluding tert-OH is 1. The summed E-state index contributed by atoms with van der Waals surface area (Å²) in [5, 5.41) is 22.7. The molecule has 92 valence electrons. The lowest BCUT2D eigenvalue weighted by atomic mass is 10.1. The van der Waals surface area contributed by atoms with Crippen LogP contribution in [-0.2, 0) is 0 Å². The number of hydrogen-bond donors (Lipinski definition) is 2. The maximum absolute atomic E-state index is 10.7. The highest BCUT2D eigenvalue weighted by molar-refractivity contribution is 6.28. The zero-order valence-corrected chi connectivity index (χ0v) is 9.65. The van der Waals surface area contributed by atoms with Crippen LogP contribution in [0.2, 0.25) is 5.28 Å². The maximum Gasteiger partial charge on any atom is 0.329 e. The number of hydrogen-bond acceptors (Lipinski definition) is 6. The summed E-state index contributed by atoms with van der Waals surface area (Å²) >= 11 is 5.59. The van der Waals surface area contributed by atoms with Gasteiger partial charge in [0.1, 0.15) is 6.20 Å². The quantitative estimate of drug-likeness (QED) is 0.468. The van der Waals surface area contributed by atoms with Gasteiger partial charge in [-0.25, -0.2) is 4.98 Å². The summed E-state index contributed by atoms with van der Waals surface area (Å²) in [7, 11) is 0. The standard InChI is InChI=1S/C9H11ClN4O3/c10-8-11-3-6(14(16)17)7(13-8)12-4-9(5-15)1-2-9/h3,15H,1-2,4-5H2,(H,11,12,13). The number of nitrogens with one attached hydrogen (secondary N) is 1. The number of aromatic nitrogens is 2. The van der Waals surface area contributed by atoms with Crippen molar-refractivity contribution in [3.8, 4) is 0 Å². The van der Waals surface area contributed by atoms with E-state index in [1.54, 1.807) is 0 Å². The summed E-state index contributed by atoms with van der Waals surface area (Å²) in [6.45, 7) is 0.504. The van der Waals surface area contributed by atoms with Crippen LogP contribution in [0.3, 0.4) is 0 Å². The van der Waals surface area contributed by atoms with Crippen molar-refractivity contribution in [2.75, 3.05) is 18.5 Å². The molecular formula is C9H11ClN4O3. The first-order valence-corrected chi connectivity index (χ1v) is 5.46. The summed E-state index contributed by atoms with van der Waals surface area (Å²) in [5.41, 5.74) is -0.381. The highest BCUT2D eigenvalue weighted by atomic mass is 35.5. The molecule has 7 nitrogen and oxygen atoms in total. The lowest BCUT2D eigenvalue weighted by molar-refractivity contribution is -0.384. The van der Waals surface area contributed by atoms with E-state index in [0.717, 1.165) is 19.0 Å². The number of anilines is 1. The van der Waals surface area contributed by atoms with Gasteiger partial charge in [0.15, 0.2) is 0 Å². The van der Waals surface area contributed by atoms with E-state index in [1.165, 1.54) is 0 Å². The smallest absolute Gasteiger partial charge is 0.329 e. The summed E-state index contributed by atoms with van der Waals surface area (Å²) in [6.07, 6.45) is 2.88. The Hall–Kier alpha value is -1.47. The number of nitro groups is 1. The molecule has 1 fully saturated rings. The minimum Gasteiger partial charge on any atom is -0.396 e. The van der Waals surface area contributed by atoms with Crippen molar-refractivity contribution >= 4 is 23.1 Å². The molecule has 0 unspecified atom stereocenters. The van der Waals surface area contributed by atoms with E-state index in [-0.39, 0.29) is 28.8 Å². The van der Waals surface area contributed by atoms with E-state index in [4.69, 9.17) is 16.7 Å². The second-order valence-corrected chi connectivity index (χ2v) is 4.48. The lowest BCUT2D eigenvalue weighted by Gasteiger charge is -2.12. The Morgan fingerprint density at radius 1 is 1.65 bits per heavy atom.